The smallest absolute Gasteiger partial charge is 0.172 e. The first-order valence-corrected chi connectivity index (χ1v) is 5.25. The maximum atomic E-state index is 13.6. The first kappa shape index (κ1) is 10.8. The third-order valence-electron chi connectivity index (χ3n) is 2.67. The Balaban J connectivity index is 2.29. The van der Waals surface area contributed by atoms with Crippen LogP contribution in [-0.2, 0) is 0 Å². The standard InChI is InChI=1S/C13H7F3N2/c14-7-5-6-8(15)12(16)11(7)13-17-9-3-1-2-4-10(9)18-13/h1-6H,(H,17,18). The van der Waals surface area contributed by atoms with Crippen molar-refractivity contribution in [1.82, 2.24) is 9.97 Å². The second kappa shape index (κ2) is 3.87. The van der Waals surface area contributed by atoms with Crippen LogP contribution < -0.4 is 0 Å². The van der Waals surface area contributed by atoms with Gasteiger partial charge >= 0.3 is 0 Å². The second-order valence-corrected chi connectivity index (χ2v) is 3.82. The van der Waals surface area contributed by atoms with Crippen molar-refractivity contribution in [3.8, 4) is 11.4 Å². The molecule has 3 rings (SSSR count). The van der Waals surface area contributed by atoms with Crippen molar-refractivity contribution in [3.63, 3.8) is 0 Å². The van der Waals surface area contributed by atoms with Crippen molar-refractivity contribution in [1.29, 1.82) is 0 Å². The summed E-state index contributed by atoms with van der Waals surface area (Å²) < 4.78 is 40.3. The fraction of sp³-hybridized carbons (Fsp3) is 0. The molecule has 0 spiro atoms. The van der Waals surface area contributed by atoms with Gasteiger partial charge in [-0.2, -0.15) is 0 Å². The molecule has 0 atom stereocenters. The van der Waals surface area contributed by atoms with E-state index in [2.05, 4.69) is 9.97 Å². The van der Waals surface area contributed by atoms with Crippen LogP contribution in [0.2, 0.25) is 0 Å². The normalized spacial score (nSPS) is 11.1. The highest BCUT2D eigenvalue weighted by Gasteiger charge is 2.18. The lowest BCUT2D eigenvalue weighted by molar-refractivity contribution is 0.498. The number of halogens is 3. The van der Waals surface area contributed by atoms with Crippen LogP contribution in [0.4, 0.5) is 13.2 Å². The quantitative estimate of drug-likeness (QED) is 0.654. The monoisotopic (exact) mass is 248 g/mol. The third kappa shape index (κ3) is 1.55. The zero-order valence-corrected chi connectivity index (χ0v) is 9.05. The molecular formula is C13H7F3N2. The van der Waals surface area contributed by atoms with E-state index in [1.54, 1.807) is 24.3 Å². The molecule has 0 radical (unpaired) electrons. The van der Waals surface area contributed by atoms with Crippen LogP contribution in [0.5, 0.6) is 0 Å². The van der Waals surface area contributed by atoms with E-state index in [1.165, 1.54) is 0 Å². The number of aromatic amines is 1. The lowest BCUT2D eigenvalue weighted by atomic mass is 10.2. The number of imidazole rings is 1. The molecule has 0 aliphatic carbocycles. The topological polar surface area (TPSA) is 28.7 Å². The van der Waals surface area contributed by atoms with Gasteiger partial charge in [0.2, 0.25) is 0 Å². The molecule has 90 valence electrons. The predicted octanol–water partition coefficient (Wildman–Crippen LogP) is 3.65. The Labute approximate surface area is 100 Å². The summed E-state index contributed by atoms with van der Waals surface area (Å²) in [6, 6.07) is 8.57. The van der Waals surface area contributed by atoms with Gasteiger partial charge in [-0.1, -0.05) is 12.1 Å². The molecule has 18 heavy (non-hydrogen) atoms. The van der Waals surface area contributed by atoms with E-state index in [1.807, 2.05) is 0 Å². The minimum absolute atomic E-state index is 0.0225. The van der Waals surface area contributed by atoms with Crippen LogP contribution in [0.15, 0.2) is 36.4 Å². The van der Waals surface area contributed by atoms with Gasteiger partial charge in [-0.05, 0) is 24.3 Å². The zero-order chi connectivity index (χ0) is 12.7. The molecule has 0 unspecified atom stereocenters. The number of hydrogen-bond donors (Lipinski definition) is 1. The van der Waals surface area contributed by atoms with E-state index in [-0.39, 0.29) is 5.82 Å². The zero-order valence-electron chi connectivity index (χ0n) is 9.05. The summed E-state index contributed by atoms with van der Waals surface area (Å²) in [5.41, 5.74) is 0.720. The fourth-order valence-corrected chi connectivity index (χ4v) is 1.82. The molecule has 1 heterocycles. The van der Waals surface area contributed by atoms with Gasteiger partial charge < -0.3 is 4.98 Å². The van der Waals surface area contributed by atoms with Crippen molar-refractivity contribution in [2.75, 3.05) is 0 Å². The number of nitrogens with one attached hydrogen (secondary N) is 1. The van der Waals surface area contributed by atoms with Crippen molar-refractivity contribution in [2.24, 2.45) is 0 Å². The molecule has 0 amide bonds. The summed E-state index contributed by atoms with van der Waals surface area (Å²) in [4.78, 5) is 6.81. The highest BCUT2D eigenvalue weighted by Crippen LogP contribution is 2.27. The number of fused-ring (bicyclic) bond motifs is 1. The molecule has 2 aromatic carbocycles. The largest absolute Gasteiger partial charge is 0.338 e. The maximum absolute atomic E-state index is 13.6. The molecule has 1 N–H and O–H groups in total. The number of H-pyrrole nitrogens is 1. The van der Waals surface area contributed by atoms with Crippen LogP contribution in [-0.4, -0.2) is 9.97 Å². The third-order valence-corrected chi connectivity index (χ3v) is 2.67. The molecule has 3 aromatic rings. The van der Waals surface area contributed by atoms with E-state index >= 15 is 0 Å². The molecule has 2 nitrogen and oxygen atoms in total. The Hall–Kier alpha value is -2.30. The summed E-state index contributed by atoms with van der Waals surface area (Å²) in [5, 5.41) is 0. The van der Waals surface area contributed by atoms with Crippen LogP contribution in [0.1, 0.15) is 0 Å². The van der Waals surface area contributed by atoms with Gasteiger partial charge in [-0.15, -0.1) is 0 Å². The maximum Gasteiger partial charge on any atom is 0.172 e. The predicted molar refractivity (Wildman–Crippen MR) is 61.4 cm³/mol. The lowest BCUT2D eigenvalue weighted by Crippen LogP contribution is -1.95. The molecule has 0 bridgehead atoms. The number of nitrogens with zero attached hydrogens (tertiary/aromatic N) is 1. The van der Waals surface area contributed by atoms with Crippen LogP contribution in [0.25, 0.3) is 22.4 Å². The molecule has 0 saturated carbocycles. The van der Waals surface area contributed by atoms with Gasteiger partial charge in [0.1, 0.15) is 11.6 Å². The van der Waals surface area contributed by atoms with E-state index in [9.17, 15) is 13.2 Å². The van der Waals surface area contributed by atoms with Crippen molar-refractivity contribution < 1.29 is 13.2 Å². The molecular weight excluding hydrogens is 241 g/mol. The van der Waals surface area contributed by atoms with E-state index in [0.717, 1.165) is 12.1 Å². The van der Waals surface area contributed by atoms with Crippen LogP contribution in [0.3, 0.4) is 0 Å². The minimum atomic E-state index is -1.24. The molecule has 5 heteroatoms. The summed E-state index contributed by atoms with van der Waals surface area (Å²) in [6.07, 6.45) is 0. The number of benzene rings is 2. The Morgan fingerprint density at radius 1 is 0.889 bits per heavy atom. The Morgan fingerprint density at radius 3 is 2.39 bits per heavy atom. The van der Waals surface area contributed by atoms with E-state index in [4.69, 9.17) is 0 Å². The number of para-hydroxylation sites is 2. The molecule has 0 aliphatic heterocycles. The van der Waals surface area contributed by atoms with Crippen molar-refractivity contribution >= 4 is 11.0 Å². The molecule has 0 fully saturated rings. The Kier molecular flexibility index (Phi) is 2.33. The minimum Gasteiger partial charge on any atom is -0.338 e. The number of aromatic nitrogens is 2. The van der Waals surface area contributed by atoms with Gasteiger partial charge in [0, 0.05) is 0 Å². The van der Waals surface area contributed by atoms with Gasteiger partial charge in [0.25, 0.3) is 0 Å². The van der Waals surface area contributed by atoms with Crippen LogP contribution >= 0.6 is 0 Å². The SMILES string of the molecule is Fc1ccc(F)c(-c2nc3ccccc3[nH]2)c1F. The summed E-state index contributed by atoms with van der Waals surface area (Å²) in [7, 11) is 0. The highest BCUT2D eigenvalue weighted by atomic mass is 19.2. The number of rotatable bonds is 1. The summed E-state index contributed by atoms with van der Waals surface area (Å²) >= 11 is 0. The number of hydrogen-bond acceptors (Lipinski definition) is 1. The van der Waals surface area contributed by atoms with E-state index < -0.39 is 23.0 Å². The van der Waals surface area contributed by atoms with Crippen molar-refractivity contribution in [2.45, 2.75) is 0 Å². The van der Waals surface area contributed by atoms with Gasteiger partial charge in [-0.3, -0.25) is 0 Å². The van der Waals surface area contributed by atoms with Crippen LogP contribution in [0, 0.1) is 17.5 Å². The first-order chi connectivity index (χ1) is 8.66. The second-order valence-electron chi connectivity index (χ2n) is 3.82. The Morgan fingerprint density at radius 2 is 1.61 bits per heavy atom. The molecule has 1 aromatic heterocycles. The first-order valence-electron chi connectivity index (χ1n) is 5.25. The van der Waals surface area contributed by atoms with Crippen molar-refractivity contribution in [3.05, 3.63) is 53.8 Å². The molecule has 0 aliphatic rings. The molecule has 0 saturated heterocycles. The Bertz CT molecular complexity index is 701. The van der Waals surface area contributed by atoms with Gasteiger partial charge in [0.05, 0.1) is 16.6 Å². The van der Waals surface area contributed by atoms with E-state index in [0.29, 0.717) is 11.0 Å². The summed E-state index contributed by atoms with van der Waals surface area (Å²) in [5.74, 6) is -3.22. The highest BCUT2D eigenvalue weighted by molar-refractivity contribution is 5.79. The van der Waals surface area contributed by atoms with Gasteiger partial charge in [-0.25, -0.2) is 18.2 Å². The summed E-state index contributed by atoms with van der Waals surface area (Å²) in [6.45, 7) is 0. The average Bonchev–Trinajstić information content (AvgIpc) is 2.77. The average molecular weight is 248 g/mol. The fourth-order valence-electron chi connectivity index (χ4n) is 1.82. The lowest BCUT2D eigenvalue weighted by Gasteiger charge is -2.01. The van der Waals surface area contributed by atoms with Gasteiger partial charge in [0.15, 0.2) is 11.6 Å².